The number of amides is 2. The van der Waals surface area contributed by atoms with Crippen molar-refractivity contribution in [1.29, 1.82) is 0 Å². The van der Waals surface area contributed by atoms with Crippen LogP contribution in [-0.4, -0.2) is 35.9 Å². The van der Waals surface area contributed by atoms with Crippen LogP contribution in [-0.2, 0) is 14.4 Å². The van der Waals surface area contributed by atoms with Gasteiger partial charge in [0.15, 0.2) is 0 Å². The average molecular weight is 324 g/mol. The molecule has 23 heavy (non-hydrogen) atoms. The highest BCUT2D eigenvalue weighted by atomic mass is 16.7. The molecule has 128 valence electrons. The summed E-state index contributed by atoms with van der Waals surface area (Å²) in [5, 5.41) is 11.2. The molecule has 0 saturated heterocycles. The van der Waals surface area contributed by atoms with Gasteiger partial charge in [-0.3, -0.25) is 9.63 Å². The molecule has 0 aliphatic rings. The zero-order chi connectivity index (χ0) is 17.5. The predicted octanol–water partition coefficient (Wildman–Crippen LogP) is 1.60. The molecule has 0 aliphatic heterocycles. The van der Waals surface area contributed by atoms with Gasteiger partial charge in [-0.2, -0.15) is 0 Å². The number of nitrogens with one attached hydrogen (secondary N) is 2. The number of rotatable bonds is 6. The zero-order valence-electron chi connectivity index (χ0n) is 13.9. The van der Waals surface area contributed by atoms with E-state index in [-0.39, 0.29) is 13.2 Å². The lowest BCUT2D eigenvalue weighted by Crippen LogP contribution is -2.43. The Morgan fingerprint density at radius 3 is 2.48 bits per heavy atom. The summed E-state index contributed by atoms with van der Waals surface area (Å²) in [6.07, 6.45) is -0.705. The fourth-order valence-electron chi connectivity index (χ4n) is 1.85. The van der Waals surface area contributed by atoms with E-state index in [2.05, 4.69) is 10.8 Å². The van der Waals surface area contributed by atoms with Gasteiger partial charge in [-0.15, -0.1) is 0 Å². The summed E-state index contributed by atoms with van der Waals surface area (Å²) < 4.78 is 5.19. The van der Waals surface area contributed by atoms with Gasteiger partial charge in [0, 0.05) is 0 Å². The molecular weight excluding hydrogens is 300 g/mol. The van der Waals surface area contributed by atoms with Crippen LogP contribution in [0, 0.1) is 6.92 Å². The largest absolute Gasteiger partial charge is 0.444 e. The van der Waals surface area contributed by atoms with Crippen LogP contribution in [0.25, 0.3) is 0 Å². The van der Waals surface area contributed by atoms with Gasteiger partial charge in [0.2, 0.25) is 0 Å². The molecule has 1 unspecified atom stereocenters. The summed E-state index contributed by atoms with van der Waals surface area (Å²) in [4.78, 5) is 29.1. The number of aryl methyl sites for hydroxylation is 1. The van der Waals surface area contributed by atoms with Crippen molar-refractivity contribution >= 4 is 12.0 Å². The first-order valence-electron chi connectivity index (χ1n) is 7.32. The van der Waals surface area contributed by atoms with Crippen LogP contribution in [0.4, 0.5) is 4.79 Å². The molecule has 2 amide bonds. The molecule has 1 atom stereocenters. The van der Waals surface area contributed by atoms with Crippen LogP contribution in [0.3, 0.4) is 0 Å². The number of benzene rings is 1. The third-order valence-corrected chi connectivity index (χ3v) is 2.79. The minimum atomic E-state index is -0.968. The zero-order valence-corrected chi connectivity index (χ0v) is 13.9. The summed E-state index contributed by atoms with van der Waals surface area (Å²) in [6.45, 7) is 6.77. The van der Waals surface area contributed by atoms with Crippen molar-refractivity contribution in [2.75, 3.05) is 13.2 Å². The molecule has 1 aromatic rings. The second-order valence-corrected chi connectivity index (χ2v) is 5.97. The normalized spacial score (nSPS) is 12.4. The van der Waals surface area contributed by atoms with Crippen LogP contribution >= 0.6 is 0 Å². The monoisotopic (exact) mass is 324 g/mol. The molecule has 0 aromatic heterocycles. The van der Waals surface area contributed by atoms with Crippen molar-refractivity contribution in [2.45, 2.75) is 39.3 Å². The third kappa shape index (κ3) is 6.66. The topological polar surface area (TPSA) is 96.9 Å². The van der Waals surface area contributed by atoms with Gasteiger partial charge in [-0.05, 0) is 38.8 Å². The van der Waals surface area contributed by atoms with Crippen molar-refractivity contribution < 1.29 is 24.3 Å². The van der Waals surface area contributed by atoms with Crippen LogP contribution < -0.4 is 10.8 Å². The minimum Gasteiger partial charge on any atom is -0.444 e. The Labute approximate surface area is 135 Å². The van der Waals surface area contributed by atoms with E-state index >= 15 is 0 Å². The smallest absolute Gasteiger partial charge is 0.408 e. The molecule has 7 nitrogen and oxygen atoms in total. The van der Waals surface area contributed by atoms with Gasteiger partial charge >= 0.3 is 6.09 Å². The second-order valence-electron chi connectivity index (χ2n) is 5.97. The van der Waals surface area contributed by atoms with Gasteiger partial charge in [-0.1, -0.05) is 24.3 Å². The SMILES string of the molecule is Cc1ccccc1C(NC(=O)OC(C)(C)C)C(=O)NOCCO. The highest BCUT2D eigenvalue weighted by Crippen LogP contribution is 2.19. The Bertz CT molecular complexity index is 540. The first-order chi connectivity index (χ1) is 10.7. The summed E-state index contributed by atoms with van der Waals surface area (Å²) in [5.41, 5.74) is 3.00. The number of hydroxylamine groups is 1. The lowest BCUT2D eigenvalue weighted by Gasteiger charge is -2.24. The number of aliphatic hydroxyl groups is 1. The standard InChI is InChI=1S/C16H24N2O5/c1-11-7-5-6-8-12(11)13(14(20)18-22-10-9-19)17-15(21)23-16(2,3)4/h5-8,13,19H,9-10H2,1-4H3,(H,17,21)(H,18,20). The van der Waals surface area contributed by atoms with Crippen molar-refractivity contribution in [2.24, 2.45) is 0 Å². The van der Waals surface area contributed by atoms with E-state index < -0.39 is 23.6 Å². The number of hydrogen-bond donors (Lipinski definition) is 3. The Kier molecular flexibility index (Phi) is 6.99. The Morgan fingerprint density at radius 1 is 1.26 bits per heavy atom. The van der Waals surface area contributed by atoms with E-state index in [4.69, 9.17) is 14.7 Å². The first kappa shape index (κ1) is 18.9. The summed E-state index contributed by atoms with van der Waals surface area (Å²) in [7, 11) is 0. The first-order valence-corrected chi connectivity index (χ1v) is 7.32. The van der Waals surface area contributed by atoms with Gasteiger partial charge in [0.05, 0.1) is 13.2 Å². The Balaban J connectivity index is 2.91. The van der Waals surface area contributed by atoms with Crippen molar-refractivity contribution in [1.82, 2.24) is 10.8 Å². The van der Waals surface area contributed by atoms with Gasteiger partial charge in [-0.25, -0.2) is 10.3 Å². The highest BCUT2D eigenvalue weighted by Gasteiger charge is 2.27. The summed E-state index contributed by atoms with van der Waals surface area (Å²) in [5.74, 6) is -0.557. The molecule has 0 fully saturated rings. The van der Waals surface area contributed by atoms with E-state index in [0.717, 1.165) is 5.56 Å². The van der Waals surface area contributed by atoms with Gasteiger partial charge in [0.1, 0.15) is 11.6 Å². The molecule has 3 N–H and O–H groups in total. The van der Waals surface area contributed by atoms with Crippen LogP contribution in [0.5, 0.6) is 0 Å². The number of alkyl carbamates (subject to hydrolysis) is 1. The molecule has 1 rings (SSSR count). The molecule has 0 radical (unpaired) electrons. The van der Waals surface area contributed by atoms with E-state index in [1.165, 1.54) is 0 Å². The van der Waals surface area contributed by atoms with Crippen LogP contribution in [0.15, 0.2) is 24.3 Å². The quantitative estimate of drug-likeness (QED) is 0.545. The summed E-state index contributed by atoms with van der Waals surface area (Å²) >= 11 is 0. The van der Waals surface area contributed by atoms with E-state index in [0.29, 0.717) is 5.56 Å². The maximum Gasteiger partial charge on any atom is 0.408 e. The van der Waals surface area contributed by atoms with Crippen LogP contribution in [0.1, 0.15) is 37.9 Å². The van der Waals surface area contributed by atoms with Crippen molar-refractivity contribution in [3.05, 3.63) is 35.4 Å². The lowest BCUT2D eigenvalue weighted by atomic mass is 10.0. The molecule has 0 bridgehead atoms. The predicted molar refractivity (Wildman–Crippen MR) is 84.5 cm³/mol. The lowest BCUT2D eigenvalue weighted by molar-refractivity contribution is -0.136. The highest BCUT2D eigenvalue weighted by molar-refractivity contribution is 5.86. The minimum absolute atomic E-state index is 0.0430. The summed E-state index contributed by atoms with van der Waals surface area (Å²) in [6, 6.07) is 6.21. The fraction of sp³-hybridized carbons (Fsp3) is 0.500. The van der Waals surface area contributed by atoms with E-state index in [1.54, 1.807) is 32.9 Å². The number of carbonyl (C=O) groups excluding carboxylic acids is 2. The van der Waals surface area contributed by atoms with E-state index in [1.807, 2.05) is 19.1 Å². The third-order valence-electron chi connectivity index (χ3n) is 2.79. The molecular formula is C16H24N2O5. The molecule has 7 heteroatoms. The van der Waals surface area contributed by atoms with E-state index in [9.17, 15) is 9.59 Å². The van der Waals surface area contributed by atoms with Crippen molar-refractivity contribution in [3.8, 4) is 0 Å². The molecule has 0 heterocycles. The molecule has 0 saturated carbocycles. The number of aliphatic hydroxyl groups excluding tert-OH is 1. The second kappa shape index (κ2) is 8.50. The molecule has 0 aliphatic carbocycles. The maximum atomic E-state index is 12.3. The van der Waals surface area contributed by atoms with Crippen LogP contribution in [0.2, 0.25) is 0 Å². The van der Waals surface area contributed by atoms with Crippen molar-refractivity contribution in [3.63, 3.8) is 0 Å². The maximum absolute atomic E-state index is 12.3. The molecule has 1 aromatic carbocycles. The average Bonchev–Trinajstić information content (AvgIpc) is 2.44. The fourth-order valence-corrected chi connectivity index (χ4v) is 1.85. The van der Waals surface area contributed by atoms with Gasteiger partial charge < -0.3 is 15.2 Å². The number of carbonyl (C=O) groups is 2. The van der Waals surface area contributed by atoms with Gasteiger partial charge in [0.25, 0.3) is 5.91 Å². The Morgan fingerprint density at radius 2 is 1.91 bits per heavy atom. The number of hydrogen-bond acceptors (Lipinski definition) is 5. The number of ether oxygens (including phenoxy) is 1. The Hall–Kier alpha value is -2.12. The molecule has 0 spiro atoms.